The molecule has 1 aliphatic carbocycles. The van der Waals surface area contributed by atoms with E-state index in [-0.39, 0.29) is 18.1 Å². The van der Waals surface area contributed by atoms with Crippen LogP contribution in [0.1, 0.15) is 47.7 Å². The number of carbonyl (C=O) groups is 2. The topological polar surface area (TPSA) is 46.6 Å². The fourth-order valence-corrected chi connectivity index (χ4v) is 4.05. The van der Waals surface area contributed by atoms with Crippen LogP contribution in [0.5, 0.6) is 5.75 Å². The average molecular weight is 416 g/mol. The van der Waals surface area contributed by atoms with E-state index in [0.717, 1.165) is 41.6 Å². The zero-order valence-electron chi connectivity index (χ0n) is 18.3. The van der Waals surface area contributed by atoms with Gasteiger partial charge in [-0.25, -0.2) is 0 Å². The second-order valence-corrected chi connectivity index (χ2v) is 8.38. The third-order valence-electron chi connectivity index (χ3n) is 5.91. The molecule has 0 saturated heterocycles. The molecular weight excluding hydrogens is 386 g/mol. The van der Waals surface area contributed by atoms with E-state index >= 15 is 0 Å². The molecule has 160 valence electrons. The van der Waals surface area contributed by atoms with Crippen LogP contribution in [0.3, 0.4) is 0 Å². The maximum Gasteiger partial charge on any atom is 0.227 e. The Hall–Kier alpha value is -3.14. The van der Waals surface area contributed by atoms with Crippen LogP contribution in [0, 0.1) is 5.92 Å². The second kappa shape index (κ2) is 9.34. The minimum Gasteiger partial charge on any atom is -0.497 e. The van der Waals surface area contributed by atoms with Crippen molar-refractivity contribution in [3.63, 3.8) is 0 Å². The van der Waals surface area contributed by atoms with Gasteiger partial charge in [0.15, 0.2) is 5.78 Å². The van der Waals surface area contributed by atoms with Crippen LogP contribution in [0.25, 0.3) is 10.8 Å². The van der Waals surface area contributed by atoms with Gasteiger partial charge in [-0.1, -0.05) is 43.3 Å². The summed E-state index contributed by atoms with van der Waals surface area (Å²) in [4.78, 5) is 28.3. The molecule has 0 N–H and O–H groups in total. The maximum absolute atomic E-state index is 13.2. The minimum absolute atomic E-state index is 0.0320. The maximum atomic E-state index is 13.2. The van der Waals surface area contributed by atoms with Crippen LogP contribution in [-0.2, 0) is 11.2 Å². The Balaban J connectivity index is 1.72. The Bertz CT molecular complexity index is 1090. The number of hydrogen-bond acceptors (Lipinski definition) is 3. The molecule has 0 aromatic heterocycles. The van der Waals surface area contributed by atoms with Crippen molar-refractivity contribution in [1.29, 1.82) is 0 Å². The lowest BCUT2D eigenvalue weighted by Gasteiger charge is -2.23. The van der Waals surface area contributed by atoms with Crippen LogP contribution >= 0.6 is 0 Å². The number of hydrogen-bond donors (Lipinski definition) is 0. The molecule has 0 unspecified atom stereocenters. The number of rotatable bonds is 9. The summed E-state index contributed by atoms with van der Waals surface area (Å²) in [5, 5.41) is 1.90. The fourth-order valence-electron chi connectivity index (χ4n) is 4.05. The number of methoxy groups -OCH3 is 1. The van der Waals surface area contributed by atoms with E-state index in [1.165, 1.54) is 12.8 Å². The summed E-state index contributed by atoms with van der Waals surface area (Å²) in [5.41, 5.74) is 2.13. The zero-order valence-corrected chi connectivity index (χ0v) is 18.3. The van der Waals surface area contributed by atoms with Gasteiger partial charge in [0.2, 0.25) is 5.91 Å². The van der Waals surface area contributed by atoms with Crippen molar-refractivity contribution >= 4 is 22.5 Å². The van der Waals surface area contributed by atoms with Crippen LogP contribution in [0.15, 0.2) is 60.7 Å². The lowest BCUT2D eigenvalue weighted by Crippen LogP contribution is -2.34. The van der Waals surface area contributed by atoms with E-state index in [2.05, 4.69) is 6.92 Å². The van der Waals surface area contributed by atoms with Gasteiger partial charge in [0.1, 0.15) is 5.75 Å². The van der Waals surface area contributed by atoms with Crippen molar-refractivity contribution in [1.82, 2.24) is 4.90 Å². The molecule has 3 aromatic rings. The Morgan fingerprint density at radius 2 is 1.77 bits per heavy atom. The van der Waals surface area contributed by atoms with E-state index in [1.54, 1.807) is 7.11 Å². The number of fused-ring (bicyclic) bond motifs is 1. The van der Waals surface area contributed by atoms with E-state index in [0.29, 0.717) is 17.0 Å². The van der Waals surface area contributed by atoms with Gasteiger partial charge >= 0.3 is 0 Å². The SMILES string of the molecule is CCCN(CC1CC1)C(=O)Cc1cc(C(=O)c2ccccc2)cc2ccc(OC)cc12. The summed E-state index contributed by atoms with van der Waals surface area (Å²) >= 11 is 0. The normalized spacial score (nSPS) is 13.2. The van der Waals surface area contributed by atoms with Gasteiger partial charge in [0.25, 0.3) is 0 Å². The molecule has 1 fully saturated rings. The van der Waals surface area contributed by atoms with Crippen molar-refractivity contribution in [2.75, 3.05) is 20.2 Å². The predicted molar refractivity (Wildman–Crippen MR) is 124 cm³/mol. The Labute approximate surface area is 183 Å². The molecule has 0 bridgehead atoms. The third kappa shape index (κ3) is 4.96. The third-order valence-corrected chi connectivity index (χ3v) is 5.91. The molecule has 1 amide bonds. The molecule has 1 saturated carbocycles. The van der Waals surface area contributed by atoms with E-state index in [9.17, 15) is 9.59 Å². The number of amides is 1. The number of ether oxygens (including phenoxy) is 1. The molecule has 3 aromatic carbocycles. The molecular formula is C27H29NO3. The van der Waals surface area contributed by atoms with Gasteiger partial charge in [-0.05, 0) is 65.8 Å². The molecule has 4 heteroatoms. The van der Waals surface area contributed by atoms with Gasteiger partial charge < -0.3 is 9.64 Å². The highest BCUT2D eigenvalue weighted by atomic mass is 16.5. The smallest absolute Gasteiger partial charge is 0.227 e. The Kier molecular flexibility index (Phi) is 6.36. The molecule has 0 spiro atoms. The van der Waals surface area contributed by atoms with Crippen molar-refractivity contribution in [2.24, 2.45) is 5.92 Å². The van der Waals surface area contributed by atoms with Gasteiger partial charge in [-0.2, -0.15) is 0 Å². The number of nitrogens with zero attached hydrogens (tertiary/aromatic N) is 1. The second-order valence-electron chi connectivity index (χ2n) is 8.38. The Morgan fingerprint density at radius 1 is 1.00 bits per heavy atom. The van der Waals surface area contributed by atoms with Crippen LogP contribution in [0.2, 0.25) is 0 Å². The minimum atomic E-state index is -0.0320. The highest BCUT2D eigenvalue weighted by Crippen LogP contribution is 2.31. The van der Waals surface area contributed by atoms with Gasteiger partial charge in [0.05, 0.1) is 13.5 Å². The first-order chi connectivity index (χ1) is 15.1. The van der Waals surface area contributed by atoms with Crippen LogP contribution < -0.4 is 4.74 Å². The summed E-state index contributed by atoms with van der Waals surface area (Å²) in [6.07, 6.45) is 3.66. The van der Waals surface area contributed by atoms with Crippen molar-refractivity contribution < 1.29 is 14.3 Å². The molecule has 0 heterocycles. The van der Waals surface area contributed by atoms with E-state index in [1.807, 2.05) is 65.6 Å². The number of carbonyl (C=O) groups excluding carboxylic acids is 2. The highest BCUT2D eigenvalue weighted by Gasteiger charge is 2.26. The Morgan fingerprint density at radius 3 is 2.45 bits per heavy atom. The standard InChI is InChI=1S/C27H29NO3/c1-3-13-28(18-19-9-10-19)26(29)16-22-15-23(27(30)20-7-5-4-6-8-20)14-21-11-12-24(31-2)17-25(21)22/h4-8,11-12,14-15,17,19H,3,9-10,13,16,18H2,1-2H3. The summed E-state index contributed by atoms with van der Waals surface area (Å²) in [6.45, 7) is 3.72. The fraction of sp³-hybridized carbons (Fsp3) is 0.333. The van der Waals surface area contributed by atoms with Gasteiger partial charge in [-0.3, -0.25) is 9.59 Å². The van der Waals surface area contributed by atoms with Crippen molar-refractivity contribution in [3.8, 4) is 5.75 Å². The lowest BCUT2D eigenvalue weighted by molar-refractivity contribution is -0.130. The highest BCUT2D eigenvalue weighted by molar-refractivity contribution is 6.11. The largest absolute Gasteiger partial charge is 0.497 e. The summed E-state index contributed by atoms with van der Waals surface area (Å²) in [7, 11) is 1.64. The number of ketones is 1. The van der Waals surface area contributed by atoms with Gasteiger partial charge in [0, 0.05) is 24.2 Å². The van der Waals surface area contributed by atoms with Crippen molar-refractivity contribution in [2.45, 2.75) is 32.6 Å². The molecule has 4 rings (SSSR count). The predicted octanol–water partition coefficient (Wildman–Crippen LogP) is 5.27. The molecule has 31 heavy (non-hydrogen) atoms. The van der Waals surface area contributed by atoms with E-state index in [4.69, 9.17) is 4.74 Å². The molecule has 0 radical (unpaired) electrons. The molecule has 0 aliphatic heterocycles. The zero-order chi connectivity index (χ0) is 21.8. The molecule has 1 aliphatic rings. The first-order valence-electron chi connectivity index (χ1n) is 11.1. The average Bonchev–Trinajstić information content (AvgIpc) is 3.62. The first-order valence-corrected chi connectivity index (χ1v) is 11.1. The number of benzene rings is 3. The monoisotopic (exact) mass is 415 g/mol. The lowest BCUT2D eigenvalue weighted by atomic mass is 9.94. The first kappa shape index (κ1) is 21.1. The van der Waals surface area contributed by atoms with Crippen LogP contribution in [-0.4, -0.2) is 36.8 Å². The summed E-state index contributed by atoms with van der Waals surface area (Å²) in [5.74, 6) is 1.49. The van der Waals surface area contributed by atoms with Gasteiger partial charge in [-0.15, -0.1) is 0 Å². The van der Waals surface area contributed by atoms with Crippen molar-refractivity contribution in [3.05, 3.63) is 77.4 Å². The van der Waals surface area contributed by atoms with E-state index < -0.39 is 0 Å². The molecule has 4 nitrogen and oxygen atoms in total. The van der Waals surface area contributed by atoms with Crippen LogP contribution in [0.4, 0.5) is 0 Å². The molecule has 0 atom stereocenters. The summed E-state index contributed by atoms with van der Waals surface area (Å²) < 4.78 is 5.41. The quantitative estimate of drug-likeness (QED) is 0.447. The summed E-state index contributed by atoms with van der Waals surface area (Å²) in [6, 6.07) is 18.9.